The van der Waals surface area contributed by atoms with Crippen molar-refractivity contribution in [1.29, 1.82) is 0 Å². The molecule has 0 unspecified atom stereocenters. The average molecular weight is 345 g/mol. The Kier molecular flexibility index (Phi) is 5.39. The van der Waals surface area contributed by atoms with Gasteiger partial charge in [-0.05, 0) is 17.7 Å². The highest BCUT2D eigenvalue weighted by atomic mass is 32.1. The Morgan fingerprint density at radius 2 is 2.00 bits per heavy atom. The molecule has 7 nitrogen and oxygen atoms in total. The van der Waals surface area contributed by atoms with E-state index < -0.39 is 0 Å². The predicted molar refractivity (Wildman–Crippen MR) is 93.1 cm³/mol. The summed E-state index contributed by atoms with van der Waals surface area (Å²) >= 11 is 1.32. The number of methoxy groups -OCH3 is 2. The minimum atomic E-state index is 0.618. The summed E-state index contributed by atoms with van der Waals surface area (Å²) in [6.07, 6.45) is 2.64. The summed E-state index contributed by atoms with van der Waals surface area (Å²) in [7, 11) is 3.33. The van der Waals surface area contributed by atoms with Gasteiger partial charge in [-0.2, -0.15) is 9.47 Å². The van der Waals surface area contributed by atoms with E-state index in [1.54, 1.807) is 14.2 Å². The fourth-order valence-corrected chi connectivity index (χ4v) is 2.76. The van der Waals surface area contributed by atoms with E-state index in [1.165, 1.54) is 11.5 Å². The molecule has 2 aromatic heterocycles. The van der Waals surface area contributed by atoms with Crippen molar-refractivity contribution in [2.45, 2.75) is 13.0 Å². The first-order valence-corrected chi connectivity index (χ1v) is 8.29. The van der Waals surface area contributed by atoms with E-state index in [0.717, 1.165) is 28.1 Å². The Balaban J connectivity index is 1.59. The third kappa shape index (κ3) is 4.30. The molecule has 24 heavy (non-hydrogen) atoms. The van der Waals surface area contributed by atoms with E-state index in [1.807, 2.05) is 41.2 Å². The second kappa shape index (κ2) is 7.89. The summed E-state index contributed by atoms with van der Waals surface area (Å²) in [6, 6.07) is 9.86. The van der Waals surface area contributed by atoms with Gasteiger partial charge in [-0.1, -0.05) is 12.1 Å². The van der Waals surface area contributed by atoms with Crippen LogP contribution in [0.2, 0.25) is 0 Å². The lowest BCUT2D eigenvalue weighted by Gasteiger charge is -2.04. The van der Waals surface area contributed by atoms with E-state index in [0.29, 0.717) is 19.6 Å². The molecule has 0 saturated heterocycles. The van der Waals surface area contributed by atoms with Crippen LogP contribution < -0.4 is 10.1 Å². The Hall–Kier alpha value is -2.45. The van der Waals surface area contributed by atoms with Gasteiger partial charge in [0.15, 0.2) is 5.82 Å². The molecule has 0 spiro atoms. The zero-order chi connectivity index (χ0) is 16.8. The molecule has 0 saturated carbocycles. The first-order valence-electron chi connectivity index (χ1n) is 7.52. The number of aromatic nitrogens is 4. The zero-order valence-corrected chi connectivity index (χ0v) is 14.4. The summed E-state index contributed by atoms with van der Waals surface area (Å²) in [4.78, 5) is 4.41. The zero-order valence-electron chi connectivity index (χ0n) is 13.6. The second-order valence-corrected chi connectivity index (χ2v) is 5.88. The summed E-state index contributed by atoms with van der Waals surface area (Å²) < 4.78 is 16.3. The highest BCUT2D eigenvalue weighted by Crippen LogP contribution is 2.18. The van der Waals surface area contributed by atoms with Crippen molar-refractivity contribution < 1.29 is 9.47 Å². The molecule has 1 N–H and O–H groups in total. The SMILES string of the molecule is COCCc1nsc(Nc2ccn(Cc3ccc(OC)cc3)n2)n1. The molecular formula is C16H19N5O2S. The molecule has 0 bridgehead atoms. The van der Waals surface area contributed by atoms with Crippen LogP contribution in [0.4, 0.5) is 10.9 Å². The molecule has 3 aromatic rings. The molecule has 0 aliphatic carbocycles. The van der Waals surface area contributed by atoms with Gasteiger partial charge in [0, 0.05) is 37.3 Å². The van der Waals surface area contributed by atoms with Gasteiger partial charge in [-0.3, -0.25) is 4.68 Å². The average Bonchev–Trinajstić information content (AvgIpc) is 3.23. The van der Waals surface area contributed by atoms with E-state index in [-0.39, 0.29) is 0 Å². The van der Waals surface area contributed by atoms with Crippen molar-refractivity contribution in [2.24, 2.45) is 0 Å². The molecule has 1 aromatic carbocycles. The fraction of sp³-hybridized carbons (Fsp3) is 0.312. The third-order valence-corrected chi connectivity index (χ3v) is 4.05. The van der Waals surface area contributed by atoms with Crippen LogP contribution in [0.3, 0.4) is 0 Å². The fourth-order valence-electron chi connectivity index (χ4n) is 2.14. The van der Waals surface area contributed by atoms with Crippen LogP contribution in [0.1, 0.15) is 11.4 Å². The van der Waals surface area contributed by atoms with Crippen LogP contribution in [0.5, 0.6) is 5.75 Å². The van der Waals surface area contributed by atoms with E-state index in [4.69, 9.17) is 9.47 Å². The van der Waals surface area contributed by atoms with Gasteiger partial charge in [0.25, 0.3) is 0 Å². The highest BCUT2D eigenvalue weighted by molar-refractivity contribution is 7.09. The monoisotopic (exact) mass is 345 g/mol. The lowest BCUT2D eigenvalue weighted by atomic mass is 10.2. The summed E-state index contributed by atoms with van der Waals surface area (Å²) in [5.41, 5.74) is 1.16. The first-order chi connectivity index (χ1) is 11.8. The second-order valence-electron chi connectivity index (χ2n) is 5.13. The van der Waals surface area contributed by atoms with Gasteiger partial charge in [0.1, 0.15) is 11.6 Å². The van der Waals surface area contributed by atoms with Crippen molar-refractivity contribution >= 4 is 22.5 Å². The number of nitrogens with zero attached hydrogens (tertiary/aromatic N) is 4. The Morgan fingerprint density at radius 1 is 1.17 bits per heavy atom. The molecule has 0 aliphatic heterocycles. The lowest BCUT2D eigenvalue weighted by Crippen LogP contribution is -2.01. The molecule has 0 fully saturated rings. The van der Waals surface area contributed by atoms with E-state index in [2.05, 4.69) is 19.8 Å². The van der Waals surface area contributed by atoms with Gasteiger partial charge >= 0.3 is 0 Å². The smallest absolute Gasteiger partial charge is 0.208 e. The van der Waals surface area contributed by atoms with Crippen molar-refractivity contribution in [3.8, 4) is 5.75 Å². The van der Waals surface area contributed by atoms with E-state index in [9.17, 15) is 0 Å². The third-order valence-electron chi connectivity index (χ3n) is 3.38. The predicted octanol–water partition coefficient (Wildman–Crippen LogP) is 2.72. The molecule has 8 heteroatoms. The molecule has 0 amide bonds. The molecule has 126 valence electrons. The number of hydrogen-bond acceptors (Lipinski definition) is 7. The minimum Gasteiger partial charge on any atom is -0.497 e. The van der Waals surface area contributed by atoms with Crippen LogP contribution in [0, 0.1) is 0 Å². The first kappa shape index (κ1) is 16.4. The van der Waals surface area contributed by atoms with Crippen LogP contribution in [0.15, 0.2) is 36.5 Å². The van der Waals surface area contributed by atoms with Gasteiger partial charge in [-0.25, -0.2) is 4.98 Å². The Bertz CT molecular complexity index is 769. The van der Waals surface area contributed by atoms with Crippen LogP contribution in [0.25, 0.3) is 0 Å². The summed E-state index contributed by atoms with van der Waals surface area (Å²) in [5.74, 6) is 2.38. The van der Waals surface area contributed by atoms with Gasteiger partial charge < -0.3 is 14.8 Å². The van der Waals surface area contributed by atoms with Crippen molar-refractivity contribution in [3.05, 3.63) is 47.9 Å². The maximum Gasteiger partial charge on any atom is 0.208 e. The minimum absolute atomic E-state index is 0.618. The van der Waals surface area contributed by atoms with Crippen molar-refractivity contribution in [3.63, 3.8) is 0 Å². The van der Waals surface area contributed by atoms with Crippen LogP contribution >= 0.6 is 11.5 Å². The van der Waals surface area contributed by atoms with Crippen LogP contribution in [-0.2, 0) is 17.7 Å². The number of benzene rings is 1. The molecule has 0 atom stereocenters. The van der Waals surface area contributed by atoms with Crippen molar-refractivity contribution in [2.75, 3.05) is 26.1 Å². The van der Waals surface area contributed by atoms with Crippen molar-refractivity contribution in [1.82, 2.24) is 19.1 Å². The summed E-state index contributed by atoms with van der Waals surface area (Å²) in [6.45, 7) is 1.31. The summed E-state index contributed by atoms with van der Waals surface area (Å²) in [5, 5.41) is 8.41. The lowest BCUT2D eigenvalue weighted by molar-refractivity contribution is 0.201. The number of hydrogen-bond donors (Lipinski definition) is 1. The molecule has 3 rings (SSSR count). The largest absolute Gasteiger partial charge is 0.497 e. The van der Waals surface area contributed by atoms with Crippen LogP contribution in [-0.4, -0.2) is 40.0 Å². The maximum absolute atomic E-state index is 5.16. The standard InChI is InChI=1S/C16H19N5O2S/c1-22-10-8-15-18-16(24-20-15)17-14-7-9-21(19-14)11-12-3-5-13(23-2)6-4-12/h3-7,9H,8,10-11H2,1-2H3,(H,17,18,19,20). The number of rotatable bonds is 8. The van der Waals surface area contributed by atoms with Gasteiger partial charge in [0.2, 0.25) is 5.13 Å². The highest BCUT2D eigenvalue weighted by Gasteiger charge is 2.06. The maximum atomic E-state index is 5.16. The number of ether oxygens (including phenoxy) is 2. The van der Waals surface area contributed by atoms with E-state index >= 15 is 0 Å². The van der Waals surface area contributed by atoms with Gasteiger partial charge in [0.05, 0.1) is 20.3 Å². The molecular weight excluding hydrogens is 326 g/mol. The Morgan fingerprint density at radius 3 is 2.75 bits per heavy atom. The number of nitrogens with one attached hydrogen (secondary N) is 1. The molecule has 0 aliphatic rings. The quantitative estimate of drug-likeness (QED) is 0.677. The Labute approximate surface area is 144 Å². The topological polar surface area (TPSA) is 74.1 Å². The molecule has 2 heterocycles. The molecule has 0 radical (unpaired) electrons. The normalized spacial score (nSPS) is 10.8. The number of anilines is 2. The van der Waals surface area contributed by atoms with Gasteiger partial charge in [-0.15, -0.1) is 0 Å².